The van der Waals surface area contributed by atoms with Crippen LogP contribution in [0.4, 0.5) is 0 Å². The summed E-state index contributed by atoms with van der Waals surface area (Å²) >= 11 is 4.73. The Morgan fingerprint density at radius 3 is 1.90 bits per heavy atom. The Kier molecular flexibility index (Phi) is 5.58. The van der Waals surface area contributed by atoms with E-state index < -0.39 is 10.9 Å². The SMILES string of the molecule is Ic1ccc(COc2ccc([SH]3c4ccccc4-c4ccccc43)cc2)cc1I. The van der Waals surface area contributed by atoms with E-state index in [0.717, 1.165) is 5.75 Å². The van der Waals surface area contributed by atoms with Crippen LogP contribution in [-0.2, 0) is 6.61 Å². The average Bonchev–Trinajstić information content (AvgIpc) is 3.10. The molecular formula is C25H18I2OS. The fourth-order valence-corrected chi connectivity index (χ4v) is 7.21. The van der Waals surface area contributed by atoms with Gasteiger partial charge >= 0.3 is 0 Å². The van der Waals surface area contributed by atoms with Crippen LogP contribution in [0, 0.1) is 7.14 Å². The van der Waals surface area contributed by atoms with Crippen LogP contribution in [0.15, 0.2) is 106 Å². The molecule has 4 aromatic rings. The van der Waals surface area contributed by atoms with Crippen LogP contribution in [0.3, 0.4) is 0 Å². The Labute approximate surface area is 201 Å². The average molecular weight is 620 g/mol. The third-order valence-corrected chi connectivity index (χ3v) is 10.5. The van der Waals surface area contributed by atoms with Crippen molar-refractivity contribution in [3.63, 3.8) is 0 Å². The molecule has 1 aliphatic heterocycles. The number of ether oxygens (including phenoxy) is 1. The normalized spacial score (nSPS) is 13.1. The predicted octanol–water partition coefficient (Wildman–Crippen LogP) is 7.93. The summed E-state index contributed by atoms with van der Waals surface area (Å²) in [4.78, 5) is 4.27. The Morgan fingerprint density at radius 1 is 0.655 bits per heavy atom. The summed E-state index contributed by atoms with van der Waals surface area (Å²) in [7, 11) is -0.503. The van der Waals surface area contributed by atoms with Gasteiger partial charge in [-0.25, -0.2) is 0 Å². The van der Waals surface area contributed by atoms with Gasteiger partial charge in [-0.1, -0.05) is 42.5 Å². The first-order valence-electron chi connectivity index (χ1n) is 9.36. The molecule has 1 nitrogen and oxygen atoms in total. The van der Waals surface area contributed by atoms with Crippen LogP contribution in [0.25, 0.3) is 11.1 Å². The first-order valence-corrected chi connectivity index (χ1v) is 12.9. The van der Waals surface area contributed by atoms with Gasteiger partial charge in [0, 0.05) is 16.9 Å². The molecule has 0 aromatic heterocycles. The van der Waals surface area contributed by atoms with E-state index in [1.807, 2.05) is 0 Å². The molecule has 4 heteroatoms. The molecule has 0 saturated carbocycles. The fourth-order valence-electron chi connectivity index (χ4n) is 3.69. The summed E-state index contributed by atoms with van der Waals surface area (Å²) in [6.45, 7) is 0.590. The van der Waals surface area contributed by atoms with E-state index in [2.05, 4.69) is 136 Å². The lowest BCUT2D eigenvalue weighted by molar-refractivity contribution is 0.306. The number of fused-ring (bicyclic) bond motifs is 3. The molecule has 1 heterocycles. The number of hydrogen-bond acceptors (Lipinski definition) is 1. The fraction of sp³-hybridized carbons (Fsp3) is 0.0400. The Bertz CT molecular complexity index is 1140. The number of hydrogen-bond donors (Lipinski definition) is 1. The lowest BCUT2D eigenvalue weighted by atomic mass is 10.1. The summed E-state index contributed by atoms with van der Waals surface area (Å²) in [5.74, 6) is 0.915. The first-order chi connectivity index (χ1) is 14.2. The van der Waals surface area contributed by atoms with Gasteiger partial charge in [0.25, 0.3) is 0 Å². The highest BCUT2D eigenvalue weighted by atomic mass is 127. The van der Waals surface area contributed by atoms with Crippen LogP contribution in [-0.4, -0.2) is 0 Å². The zero-order valence-corrected chi connectivity index (χ0v) is 20.7. The molecule has 1 aliphatic rings. The topological polar surface area (TPSA) is 9.23 Å². The molecule has 0 aliphatic carbocycles. The van der Waals surface area contributed by atoms with Crippen molar-refractivity contribution in [2.75, 3.05) is 0 Å². The van der Waals surface area contributed by atoms with Crippen molar-refractivity contribution in [2.45, 2.75) is 21.3 Å². The summed E-state index contributed by atoms with van der Waals surface area (Å²) in [5.41, 5.74) is 3.95. The highest BCUT2D eigenvalue weighted by Gasteiger charge is 2.26. The molecular weight excluding hydrogens is 602 g/mol. The molecule has 0 saturated heterocycles. The van der Waals surface area contributed by atoms with Gasteiger partial charge in [0.05, 0.1) is 0 Å². The summed E-state index contributed by atoms with van der Waals surface area (Å²) < 4.78 is 8.58. The van der Waals surface area contributed by atoms with E-state index in [9.17, 15) is 0 Å². The number of rotatable bonds is 4. The second-order valence-corrected chi connectivity index (χ2v) is 11.4. The van der Waals surface area contributed by atoms with E-state index in [1.54, 1.807) is 0 Å². The van der Waals surface area contributed by atoms with Gasteiger partial charge in [0.1, 0.15) is 12.4 Å². The van der Waals surface area contributed by atoms with Crippen molar-refractivity contribution in [1.82, 2.24) is 0 Å². The summed E-state index contributed by atoms with van der Waals surface area (Å²) in [6, 6.07) is 32.8. The van der Waals surface area contributed by atoms with Crippen LogP contribution in [0.2, 0.25) is 0 Å². The predicted molar refractivity (Wildman–Crippen MR) is 138 cm³/mol. The van der Waals surface area contributed by atoms with Crippen molar-refractivity contribution in [3.8, 4) is 16.9 Å². The third kappa shape index (κ3) is 3.82. The zero-order chi connectivity index (χ0) is 19.8. The van der Waals surface area contributed by atoms with Crippen molar-refractivity contribution in [2.24, 2.45) is 0 Å². The Morgan fingerprint density at radius 2 is 1.28 bits per heavy atom. The number of thiol groups is 1. The van der Waals surface area contributed by atoms with Gasteiger partial charge in [0.2, 0.25) is 0 Å². The number of halogens is 2. The molecule has 29 heavy (non-hydrogen) atoms. The van der Waals surface area contributed by atoms with Crippen molar-refractivity contribution < 1.29 is 4.74 Å². The second kappa shape index (κ2) is 8.32. The van der Waals surface area contributed by atoms with Crippen LogP contribution in [0.5, 0.6) is 5.75 Å². The van der Waals surface area contributed by atoms with E-state index in [4.69, 9.17) is 4.74 Å². The largest absolute Gasteiger partial charge is 0.489 e. The maximum absolute atomic E-state index is 6.04. The molecule has 0 spiro atoms. The minimum Gasteiger partial charge on any atom is -0.489 e. The monoisotopic (exact) mass is 620 g/mol. The molecule has 0 fully saturated rings. The second-order valence-electron chi connectivity index (χ2n) is 6.90. The highest BCUT2D eigenvalue weighted by molar-refractivity contribution is 14.1. The van der Waals surface area contributed by atoms with Crippen LogP contribution >= 0.6 is 56.1 Å². The van der Waals surface area contributed by atoms with E-state index in [-0.39, 0.29) is 0 Å². The molecule has 4 aromatic carbocycles. The quantitative estimate of drug-likeness (QED) is 0.159. The van der Waals surface area contributed by atoms with E-state index in [1.165, 1.54) is 38.5 Å². The summed E-state index contributed by atoms with van der Waals surface area (Å²) in [5, 5.41) is 0. The maximum Gasteiger partial charge on any atom is 0.119 e. The summed E-state index contributed by atoms with van der Waals surface area (Å²) in [6.07, 6.45) is 0. The van der Waals surface area contributed by atoms with Crippen LogP contribution in [0.1, 0.15) is 5.56 Å². The van der Waals surface area contributed by atoms with Crippen molar-refractivity contribution >= 4 is 56.1 Å². The molecule has 0 amide bonds. The number of benzene rings is 4. The molecule has 5 rings (SSSR count). The molecule has 0 radical (unpaired) electrons. The molecule has 0 bridgehead atoms. The maximum atomic E-state index is 6.04. The van der Waals surface area contributed by atoms with Gasteiger partial charge in [-0.2, -0.15) is 10.9 Å². The smallest absolute Gasteiger partial charge is 0.119 e. The molecule has 0 N–H and O–H groups in total. The standard InChI is InChI=1S/C25H18I2OS/c26-22-14-9-17(15-23(22)27)16-28-18-10-12-19(13-11-18)29-24-7-3-1-5-20(24)21-6-2-4-8-25(21)29/h1-15,29H,16H2. The van der Waals surface area contributed by atoms with Gasteiger partial charge in [-0.15, -0.1) is 0 Å². The highest BCUT2D eigenvalue weighted by Crippen LogP contribution is 2.62. The van der Waals surface area contributed by atoms with Crippen LogP contribution < -0.4 is 4.74 Å². The van der Waals surface area contributed by atoms with Gasteiger partial charge < -0.3 is 4.74 Å². The van der Waals surface area contributed by atoms with E-state index in [0.29, 0.717) is 6.61 Å². The molecule has 0 atom stereocenters. The minimum absolute atomic E-state index is 0.503. The third-order valence-electron chi connectivity index (χ3n) is 5.06. The zero-order valence-electron chi connectivity index (χ0n) is 15.5. The Balaban J connectivity index is 1.40. The van der Waals surface area contributed by atoms with E-state index >= 15 is 0 Å². The molecule has 0 unspecified atom stereocenters. The van der Waals surface area contributed by atoms with Crippen molar-refractivity contribution in [1.29, 1.82) is 0 Å². The minimum atomic E-state index is -0.503. The lowest BCUT2D eigenvalue weighted by Gasteiger charge is -2.19. The van der Waals surface area contributed by atoms with Gasteiger partial charge in [-0.05, 0) is 115 Å². The molecule has 144 valence electrons. The van der Waals surface area contributed by atoms with Crippen molar-refractivity contribution in [3.05, 3.63) is 104 Å². The Hall–Kier alpha value is -1.51. The van der Waals surface area contributed by atoms with Gasteiger partial charge in [-0.3, -0.25) is 0 Å². The first kappa shape index (κ1) is 19.5. The lowest BCUT2D eigenvalue weighted by Crippen LogP contribution is -1.96. The van der Waals surface area contributed by atoms with Gasteiger partial charge in [0.15, 0.2) is 0 Å².